The van der Waals surface area contributed by atoms with Crippen LogP contribution in [-0.4, -0.2) is 17.8 Å². The predicted octanol–water partition coefficient (Wildman–Crippen LogP) is 3.58. The molecule has 1 N–H and O–H groups in total. The van der Waals surface area contributed by atoms with Gasteiger partial charge in [0.15, 0.2) is 0 Å². The molecule has 4 heteroatoms. The van der Waals surface area contributed by atoms with Gasteiger partial charge in [0.2, 0.25) is 0 Å². The summed E-state index contributed by atoms with van der Waals surface area (Å²) in [6, 6.07) is 10.9. The van der Waals surface area contributed by atoms with E-state index in [1.807, 2.05) is 26.2 Å². The maximum Gasteiger partial charge on any atom is 0.123 e. The van der Waals surface area contributed by atoms with Crippen LogP contribution < -0.4 is 5.32 Å². The Morgan fingerprint density at radius 2 is 1.95 bits per heavy atom. The number of benzene rings is 1. The van der Waals surface area contributed by atoms with Crippen LogP contribution in [0.15, 0.2) is 47.5 Å². The molecule has 0 saturated carbocycles. The summed E-state index contributed by atoms with van der Waals surface area (Å²) < 4.78 is 12.8. The number of halogens is 1. The average molecular weight is 276 g/mol. The first kappa shape index (κ1) is 14.0. The van der Waals surface area contributed by atoms with E-state index in [9.17, 15) is 4.39 Å². The fraction of sp³-hybridized carbons (Fsp3) is 0.267. The van der Waals surface area contributed by atoms with Crippen LogP contribution in [0.2, 0.25) is 0 Å². The second-order valence-corrected chi connectivity index (χ2v) is 5.43. The molecule has 0 fully saturated rings. The minimum atomic E-state index is -0.197. The minimum Gasteiger partial charge on any atom is -0.312 e. The molecule has 0 aliphatic rings. The Hall–Kier alpha value is -1.39. The van der Waals surface area contributed by atoms with Gasteiger partial charge in [-0.25, -0.2) is 4.39 Å². The lowest BCUT2D eigenvalue weighted by Crippen LogP contribution is -2.18. The molecule has 0 aliphatic heterocycles. The van der Waals surface area contributed by atoms with E-state index >= 15 is 0 Å². The van der Waals surface area contributed by atoms with Gasteiger partial charge in [0, 0.05) is 28.6 Å². The molecular weight excluding hydrogens is 259 g/mol. The molecule has 0 radical (unpaired) electrons. The van der Waals surface area contributed by atoms with E-state index in [1.54, 1.807) is 23.9 Å². The van der Waals surface area contributed by atoms with E-state index in [0.29, 0.717) is 0 Å². The maximum atomic E-state index is 12.8. The summed E-state index contributed by atoms with van der Waals surface area (Å²) in [6.45, 7) is 1.98. The normalized spacial score (nSPS) is 12.4. The van der Waals surface area contributed by atoms with Crippen LogP contribution in [0.1, 0.15) is 17.3 Å². The summed E-state index contributed by atoms with van der Waals surface area (Å²) >= 11 is 1.70. The molecule has 1 aromatic heterocycles. The first-order valence-electron chi connectivity index (χ1n) is 6.17. The third-order valence-electron chi connectivity index (χ3n) is 2.92. The van der Waals surface area contributed by atoms with E-state index in [-0.39, 0.29) is 11.9 Å². The summed E-state index contributed by atoms with van der Waals surface area (Å²) in [5.41, 5.74) is 2.19. The predicted molar refractivity (Wildman–Crippen MR) is 77.9 cm³/mol. The molecule has 2 aromatic rings. The van der Waals surface area contributed by atoms with Gasteiger partial charge in [0.25, 0.3) is 0 Å². The number of nitrogens with one attached hydrogen (secondary N) is 1. The van der Waals surface area contributed by atoms with Gasteiger partial charge in [-0.3, -0.25) is 4.98 Å². The van der Waals surface area contributed by atoms with Crippen LogP contribution in [0.5, 0.6) is 0 Å². The second-order valence-electron chi connectivity index (χ2n) is 4.34. The molecule has 0 spiro atoms. The molecule has 1 heterocycles. The molecule has 0 bridgehead atoms. The molecule has 0 saturated heterocycles. The number of hydrogen-bond donors (Lipinski definition) is 1. The summed E-state index contributed by atoms with van der Waals surface area (Å²) in [7, 11) is 1.94. The van der Waals surface area contributed by atoms with Gasteiger partial charge in [-0.15, -0.1) is 11.8 Å². The lowest BCUT2D eigenvalue weighted by molar-refractivity contribution is 0.626. The third-order valence-corrected chi connectivity index (χ3v) is 4.02. The van der Waals surface area contributed by atoms with Crippen molar-refractivity contribution in [3.63, 3.8) is 0 Å². The third kappa shape index (κ3) is 4.04. The number of pyridine rings is 1. The van der Waals surface area contributed by atoms with Gasteiger partial charge in [-0.1, -0.05) is 6.07 Å². The molecule has 0 aliphatic carbocycles. The Kier molecular flexibility index (Phi) is 4.93. The van der Waals surface area contributed by atoms with Crippen molar-refractivity contribution in [1.82, 2.24) is 10.3 Å². The second kappa shape index (κ2) is 6.68. The van der Waals surface area contributed by atoms with Gasteiger partial charge in [-0.05, 0) is 49.9 Å². The highest BCUT2D eigenvalue weighted by Gasteiger charge is 2.10. The number of hydrogen-bond acceptors (Lipinski definition) is 3. The molecule has 2 rings (SSSR count). The summed E-state index contributed by atoms with van der Waals surface area (Å²) in [5.74, 6) is 0.685. The summed E-state index contributed by atoms with van der Waals surface area (Å²) in [4.78, 5) is 5.39. The standard InChI is InChI=1S/C15H17FN2S/c1-11-3-4-12(9-18-11)15(17-2)10-19-14-7-5-13(16)6-8-14/h3-9,15,17H,10H2,1-2H3. The van der Waals surface area contributed by atoms with E-state index in [4.69, 9.17) is 0 Å². The molecule has 1 aromatic carbocycles. The minimum absolute atomic E-state index is 0.197. The van der Waals surface area contributed by atoms with Gasteiger partial charge in [-0.2, -0.15) is 0 Å². The van der Waals surface area contributed by atoms with Crippen molar-refractivity contribution >= 4 is 11.8 Å². The van der Waals surface area contributed by atoms with Crippen molar-refractivity contribution in [2.24, 2.45) is 0 Å². The smallest absolute Gasteiger partial charge is 0.123 e. The number of nitrogens with zero attached hydrogens (tertiary/aromatic N) is 1. The zero-order chi connectivity index (χ0) is 13.7. The zero-order valence-corrected chi connectivity index (χ0v) is 11.9. The summed E-state index contributed by atoms with van der Waals surface area (Å²) in [6.07, 6.45) is 1.90. The zero-order valence-electron chi connectivity index (χ0n) is 11.1. The van der Waals surface area contributed by atoms with Crippen molar-refractivity contribution in [2.45, 2.75) is 17.9 Å². The Morgan fingerprint density at radius 3 is 2.53 bits per heavy atom. The molecule has 2 nitrogen and oxygen atoms in total. The SMILES string of the molecule is CNC(CSc1ccc(F)cc1)c1ccc(C)nc1. The maximum absolute atomic E-state index is 12.8. The quantitative estimate of drug-likeness (QED) is 0.845. The van der Waals surface area contributed by atoms with Crippen molar-refractivity contribution in [2.75, 3.05) is 12.8 Å². The van der Waals surface area contributed by atoms with E-state index < -0.39 is 0 Å². The highest BCUT2D eigenvalue weighted by molar-refractivity contribution is 7.99. The van der Waals surface area contributed by atoms with Crippen LogP contribution >= 0.6 is 11.8 Å². The first-order valence-corrected chi connectivity index (χ1v) is 7.16. The number of thioether (sulfide) groups is 1. The molecule has 19 heavy (non-hydrogen) atoms. The highest BCUT2D eigenvalue weighted by atomic mass is 32.2. The van der Waals surface area contributed by atoms with Gasteiger partial charge >= 0.3 is 0 Å². The Balaban J connectivity index is 1.99. The Morgan fingerprint density at radius 1 is 1.21 bits per heavy atom. The van der Waals surface area contributed by atoms with Crippen molar-refractivity contribution < 1.29 is 4.39 Å². The molecular formula is C15H17FN2S. The highest BCUT2D eigenvalue weighted by Crippen LogP contribution is 2.24. The van der Waals surface area contributed by atoms with Crippen LogP contribution in [0, 0.1) is 12.7 Å². The van der Waals surface area contributed by atoms with Crippen LogP contribution in [-0.2, 0) is 0 Å². The van der Waals surface area contributed by atoms with Crippen LogP contribution in [0.25, 0.3) is 0 Å². The average Bonchev–Trinajstić information content (AvgIpc) is 2.43. The fourth-order valence-corrected chi connectivity index (χ4v) is 2.79. The molecule has 100 valence electrons. The fourth-order valence-electron chi connectivity index (χ4n) is 1.74. The van der Waals surface area contributed by atoms with Gasteiger partial charge in [0.05, 0.1) is 0 Å². The monoisotopic (exact) mass is 276 g/mol. The molecule has 1 atom stereocenters. The topological polar surface area (TPSA) is 24.9 Å². The first-order chi connectivity index (χ1) is 9.19. The van der Waals surface area contributed by atoms with E-state index in [2.05, 4.69) is 16.4 Å². The number of aryl methyl sites for hydroxylation is 1. The van der Waals surface area contributed by atoms with Crippen molar-refractivity contribution in [3.05, 3.63) is 59.7 Å². The molecule has 0 amide bonds. The van der Waals surface area contributed by atoms with Gasteiger partial charge < -0.3 is 5.32 Å². The van der Waals surface area contributed by atoms with Crippen LogP contribution in [0.4, 0.5) is 4.39 Å². The van der Waals surface area contributed by atoms with E-state index in [1.165, 1.54) is 17.7 Å². The number of rotatable bonds is 5. The van der Waals surface area contributed by atoms with Crippen molar-refractivity contribution in [1.29, 1.82) is 0 Å². The van der Waals surface area contributed by atoms with Crippen LogP contribution in [0.3, 0.4) is 0 Å². The summed E-state index contributed by atoms with van der Waals surface area (Å²) in [5, 5.41) is 3.28. The lowest BCUT2D eigenvalue weighted by atomic mass is 10.1. The lowest BCUT2D eigenvalue weighted by Gasteiger charge is -2.16. The van der Waals surface area contributed by atoms with Crippen molar-refractivity contribution in [3.8, 4) is 0 Å². The van der Waals surface area contributed by atoms with E-state index in [0.717, 1.165) is 16.3 Å². The number of aromatic nitrogens is 1. The Labute approximate surface area is 117 Å². The van der Waals surface area contributed by atoms with Gasteiger partial charge in [0.1, 0.15) is 5.82 Å². The largest absolute Gasteiger partial charge is 0.312 e. The Bertz CT molecular complexity index is 511. The molecule has 1 unspecified atom stereocenters.